The predicted octanol–water partition coefficient (Wildman–Crippen LogP) is 3.27. The lowest BCUT2D eigenvalue weighted by Gasteiger charge is -2.09. The monoisotopic (exact) mass is 276 g/mol. The average molecular weight is 276 g/mol. The fourth-order valence-corrected chi connectivity index (χ4v) is 2.04. The summed E-state index contributed by atoms with van der Waals surface area (Å²) in [5.41, 5.74) is 2.35. The summed E-state index contributed by atoms with van der Waals surface area (Å²) in [6.45, 7) is 2.09. The smallest absolute Gasteiger partial charge is 0.115 e. The Bertz CT molecular complexity index is 432. The van der Waals surface area contributed by atoms with Crippen molar-refractivity contribution in [3.63, 3.8) is 0 Å². The van der Waals surface area contributed by atoms with Gasteiger partial charge in [-0.3, -0.25) is 0 Å². The SMILES string of the molecule is CCC/C(=C\c1ccc(O)cc1)CC[C@@H](O)/C=C\CO. The van der Waals surface area contributed by atoms with E-state index >= 15 is 0 Å². The summed E-state index contributed by atoms with van der Waals surface area (Å²) < 4.78 is 0. The number of rotatable bonds is 8. The Morgan fingerprint density at radius 2 is 1.90 bits per heavy atom. The van der Waals surface area contributed by atoms with Crippen molar-refractivity contribution in [2.45, 2.75) is 38.7 Å². The van der Waals surface area contributed by atoms with Gasteiger partial charge in [-0.2, -0.15) is 0 Å². The van der Waals surface area contributed by atoms with E-state index in [1.54, 1.807) is 24.3 Å². The van der Waals surface area contributed by atoms with E-state index in [1.807, 2.05) is 12.1 Å². The van der Waals surface area contributed by atoms with Crippen LogP contribution in [0.3, 0.4) is 0 Å². The maximum atomic E-state index is 9.74. The minimum absolute atomic E-state index is 0.0395. The standard InChI is InChI=1S/C17H24O3/c1-2-4-14(6-9-16(19)5-3-12-18)13-15-7-10-17(20)11-8-15/h3,5,7-8,10-11,13,16,18-20H,2,4,6,9,12H2,1H3/b5-3-,14-13+/t16-/m0/s1. The molecule has 0 aliphatic rings. The molecule has 0 saturated carbocycles. The molecule has 1 aromatic rings. The molecular formula is C17H24O3. The van der Waals surface area contributed by atoms with Gasteiger partial charge >= 0.3 is 0 Å². The van der Waals surface area contributed by atoms with E-state index in [1.165, 1.54) is 5.57 Å². The number of phenolic OH excluding ortho intramolecular Hbond substituents is 1. The van der Waals surface area contributed by atoms with E-state index in [4.69, 9.17) is 5.11 Å². The van der Waals surface area contributed by atoms with Gasteiger partial charge in [-0.1, -0.05) is 49.3 Å². The summed E-state index contributed by atoms with van der Waals surface area (Å²) in [5, 5.41) is 27.7. The molecule has 0 saturated heterocycles. The minimum Gasteiger partial charge on any atom is -0.508 e. The van der Waals surface area contributed by atoms with Crippen LogP contribution in [0.1, 0.15) is 38.2 Å². The Hall–Kier alpha value is -1.58. The molecule has 0 amide bonds. The second-order valence-electron chi connectivity index (χ2n) is 4.86. The quantitative estimate of drug-likeness (QED) is 0.639. The molecule has 0 aromatic heterocycles. The fraction of sp³-hybridized carbons (Fsp3) is 0.412. The lowest BCUT2D eigenvalue weighted by Crippen LogP contribution is -2.03. The maximum absolute atomic E-state index is 9.74. The van der Waals surface area contributed by atoms with Gasteiger partial charge in [0.2, 0.25) is 0 Å². The molecule has 0 bridgehead atoms. The maximum Gasteiger partial charge on any atom is 0.115 e. The van der Waals surface area contributed by atoms with E-state index in [2.05, 4.69) is 13.0 Å². The van der Waals surface area contributed by atoms with Gasteiger partial charge in [0.1, 0.15) is 5.75 Å². The molecule has 0 aliphatic heterocycles. The lowest BCUT2D eigenvalue weighted by molar-refractivity contribution is 0.211. The van der Waals surface area contributed by atoms with Crippen molar-refractivity contribution in [1.29, 1.82) is 0 Å². The zero-order chi connectivity index (χ0) is 14.8. The normalized spacial score (nSPS) is 13.8. The molecule has 0 heterocycles. The van der Waals surface area contributed by atoms with Gasteiger partial charge in [0.25, 0.3) is 0 Å². The molecule has 3 N–H and O–H groups in total. The van der Waals surface area contributed by atoms with Crippen LogP contribution in [-0.2, 0) is 0 Å². The molecule has 1 aromatic carbocycles. The van der Waals surface area contributed by atoms with Gasteiger partial charge in [0.05, 0.1) is 12.7 Å². The second kappa shape index (κ2) is 9.34. The van der Waals surface area contributed by atoms with E-state index in [-0.39, 0.29) is 12.4 Å². The highest BCUT2D eigenvalue weighted by atomic mass is 16.3. The Morgan fingerprint density at radius 1 is 1.20 bits per heavy atom. The Kier molecular flexibility index (Phi) is 7.70. The number of aliphatic hydroxyl groups excluding tert-OH is 2. The first kappa shape index (κ1) is 16.5. The van der Waals surface area contributed by atoms with Crippen LogP contribution in [0, 0.1) is 0 Å². The highest BCUT2D eigenvalue weighted by molar-refractivity contribution is 5.53. The summed E-state index contributed by atoms with van der Waals surface area (Å²) in [7, 11) is 0. The largest absolute Gasteiger partial charge is 0.508 e. The first-order valence-corrected chi connectivity index (χ1v) is 7.09. The van der Waals surface area contributed by atoms with E-state index in [9.17, 15) is 10.2 Å². The van der Waals surface area contributed by atoms with Crippen molar-refractivity contribution in [3.8, 4) is 5.75 Å². The average Bonchev–Trinajstić information content (AvgIpc) is 2.45. The van der Waals surface area contributed by atoms with Crippen LogP contribution >= 0.6 is 0 Å². The van der Waals surface area contributed by atoms with Gasteiger partial charge in [-0.15, -0.1) is 0 Å². The molecule has 20 heavy (non-hydrogen) atoms. The van der Waals surface area contributed by atoms with Gasteiger partial charge in [0, 0.05) is 0 Å². The van der Waals surface area contributed by atoms with Crippen LogP contribution in [0.2, 0.25) is 0 Å². The topological polar surface area (TPSA) is 60.7 Å². The van der Waals surface area contributed by atoms with Crippen molar-refractivity contribution < 1.29 is 15.3 Å². The van der Waals surface area contributed by atoms with Gasteiger partial charge < -0.3 is 15.3 Å². The number of benzene rings is 1. The molecule has 0 fully saturated rings. The zero-order valence-corrected chi connectivity index (χ0v) is 12.0. The minimum atomic E-state index is -0.512. The van der Waals surface area contributed by atoms with Crippen molar-refractivity contribution in [2.24, 2.45) is 0 Å². The molecule has 1 rings (SSSR count). The molecule has 3 nitrogen and oxygen atoms in total. The molecule has 1 atom stereocenters. The second-order valence-corrected chi connectivity index (χ2v) is 4.86. The van der Waals surface area contributed by atoms with Crippen molar-refractivity contribution in [3.05, 3.63) is 47.6 Å². The Balaban J connectivity index is 2.63. The number of hydrogen-bond acceptors (Lipinski definition) is 3. The highest BCUT2D eigenvalue weighted by Gasteiger charge is 2.03. The van der Waals surface area contributed by atoms with Gasteiger partial charge in [0.15, 0.2) is 0 Å². The summed E-state index contributed by atoms with van der Waals surface area (Å²) in [6, 6.07) is 7.11. The molecule has 0 aliphatic carbocycles. The molecule has 0 unspecified atom stereocenters. The van der Waals surface area contributed by atoms with Crippen LogP contribution in [0.4, 0.5) is 0 Å². The summed E-state index contributed by atoms with van der Waals surface area (Å²) in [5.74, 6) is 0.267. The highest BCUT2D eigenvalue weighted by Crippen LogP contribution is 2.19. The van der Waals surface area contributed by atoms with Crippen LogP contribution in [-0.4, -0.2) is 28.0 Å². The first-order valence-electron chi connectivity index (χ1n) is 7.09. The number of phenols is 1. The number of allylic oxidation sites excluding steroid dienone is 1. The summed E-state index contributed by atoms with van der Waals surface area (Å²) >= 11 is 0. The van der Waals surface area contributed by atoms with Crippen molar-refractivity contribution in [1.82, 2.24) is 0 Å². The zero-order valence-electron chi connectivity index (χ0n) is 12.0. The van der Waals surface area contributed by atoms with Crippen LogP contribution in [0.25, 0.3) is 6.08 Å². The van der Waals surface area contributed by atoms with E-state index in [0.29, 0.717) is 6.42 Å². The number of hydrogen-bond donors (Lipinski definition) is 3. The molecule has 3 heteroatoms. The third-order valence-electron chi connectivity index (χ3n) is 3.06. The van der Waals surface area contributed by atoms with E-state index in [0.717, 1.165) is 24.8 Å². The Morgan fingerprint density at radius 3 is 2.50 bits per heavy atom. The molecule has 110 valence electrons. The van der Waals surface area contributed by atoms with Gasteiger partial charge in [-0.05, 0) is 37.0 Å². The van der Waals surface area contributed by atoms with Gasteiger partial charge in [-0.25, -0.2) is 0 Å². The molecule has 0 radical (unpaired) electrons. The number of aromatic hydroxyl groups is 1. The first-order chi connectivity index (χ1) is 9.65. The predicted molar refractivity (Wildman–Crippen MR) is 82.5 cm³/mol. The third kappa shape index (κ3) is 6.55. The molecular weight excluding hydrogens is 252 g/mol. The fourth-order valence-electron chi connectivity index (χ4n) is 2.04. The van der Waals surface area contributed by atoms with Crippen LogP contribution in [0.5, 0.6) is 5.75 Å². The summed E-state index contributed by atoms with van der Waals surface area (Å²) in [4.78, 5) is 0. The van der Waals surface area contributed by atoms with E-state index < -0.39 is 6.10 Å². The van der Waals surface area contributed by atoms with Crippen molar-refractivity contribution >= 4 is 6.08 Å². The van der Waals surface area contributed by atoms with Crippen molar-refractivity contribution in [2.75, 3.05) is 6.61 Å². The number of aliphatic hydroxyl groups is 2. The lowest BCUT2D eigenvalue weighted by atomic mass is 10.00. The summed E-state index contributed by atoms with van der Waals surface area (Å²) in [6.07, 6.45) is 8.33. The third-order valence-corrected chi connectivity index (χ3v) is 3.06. The molecule has 0 spiro atoms. The Labute approximate surface area is 120 Å². The van der Waals surface area contributed by atoms with Crippen LogP contribution in [0.15, 0.2) is 42.0 Å². The van der Waals surface area contributed by atoms with Crippen LogP contribution < -0.4 is 0 Å².